The quantitative estimate of drug-likeness (QED) is 0.799. The summed E-state index contributed by atoms with van der Waals surface area (Å²) in [5, 5.41) is 9.60. The molecule has 1 N–H and O–H groups in total. The van der Waals surface area contributed by atoms with Gasteiger partial charge < -0.3 is 10.0 Å². The molecule has 0 spiro atoms. The topological polar surface area (TPSA) is 40.5 Å². The number of rotatable bonds is 6. The van der Waals surface area contributed by atoms with Crippen molar-refractivity contribution in [2.75, 3.05) is 6.54 Å². The number of hydrogen-bond donors (Lipinski definition) is 1. The molecule has 0 radical (unpaired) electrons. The summed E-state index contributed by atoms with van der Waals surface area (Å²) in [6.45, 7) is 6.90. The van der Waals surface area contributed by atoms with Gasteiger partial charge in [-0.1, -0.05) is 31.4 Å². The van der Waals surface area contributed by atoms with E-state index in [1.807, 2.05) is 18.7 Å². The third-order valence-electron chi connectivity index (χ3n) is 3.08. The second kappa shape index (κ2) is 7.39. The smallest absolute Gasteiger partial charge is 0.254 e. The maximum absolute atomic E-state index is 12.4. The van der Waals surface area contributed by atoms with Crippen LogP contribution in [-0.4, -0.2) is 28.5 Å². The lowest BCUT2D eigenvalue weighted by atomic mass is 10.1. The summed E-state index contributed by atoms with van der Waals surface area (Å²) < 4.78 is 0. The molecule has 1 aromatic rings. The highest BCUT2D eigenvalue weighted by molar-refractivity contribution is 6.32. The Morgan fingerprint density at radius 2 is 2.05 bits per heavy atom. The van der Waals surface area contributed by atoms with Crippen molar-refractivity contribution in [3.63, 3.8) is 0 Å². The summed E-state index contributed by atoms with van der Waals surface area (Å²) >= 11 is 5.85. The molecule has 0 heterocycles. The van der Waals surface area contributed by atoms with Crippen LogP contribution < -0.4 is 0 Å². The van der Waals surface area contributed by atoms with Crippen LogP contribution in [-0.2, 0) is 0 Å². The predicted molar refractivity (Wildman–Crippen MR) is 78.8 cm³/mol. The van der Waals surface area contributed by atoms with Crippen LogP contribution in [0.3, 0.4) is 0 Å². The number of amides is 1. The van der Waals surface area contributed by atoms with Gasteiger partial charge in [0.25, 0.3) is 5.91 Å². The fourth-order valence-corrected chi connectivity index (χ4v) is 2.11. The Morgan fingerprint density at radius 1 is 1.37 bits per heavy atom. The SMILES string of the molecule is CCCCCN(C(=O)c1ccc(O)c(Cl)c1)C(C)C. The summed E-state index contributed by atoms with van der Waals surface area (Å²) in [7, 11) is 0. The molecule has 0 unspecified atom stereocenters. The van der Waals surface area contributed by atoms with Crippen LogP contribution in [0.5, 0.6) is 5.75 Å². The molecule has 0 aromatic heterocycles. The summed E-state index contributed by atoms with van der Waals surface area (Å²) in [5.41, 5.74) is 0.521. The third kappa shape index (κ3) is 4.43. The predicted octanol–water partition coefficient (Wildman–Crippen LogP) is 4.09. The molecular weight excluding hydrogens is 262 g/mol. The van der Waals surface area contributed by atoms with Crippen LogP contribution in [0.1, 0.15) is 50.4 Å². The van der Waals surface area contributed by atoms with Gasteiger partial charge in [-0.3, -0.25) is 4.79 Å². The van der Waals surface area contributed by atoms with Crippen molar-refractivity contribution in [3.8, 4) is 5.75 Å². The van der Waals surface area contributed by atoms with E-state index in [-0.39, 0.29) is 22.7 Å². The van der Waals surface area contributed by atoms with Crippen molar-refractivity contribution in [2.24, 2.45) is 0 Å². The van der Waals surface area contributed by atoms with Gasteiger partial charge in [0.15, 0.2) is 0 Å². The number of benzene rings is 1. The highest BCUT2D eigenvalue weighted by atomic mass is 35.5. The van der Waals surface area contributed by atoms with E-state index in [1.54, 1.807) is 6.07 Å². The lowest BCUT2D eigenvalue weighted by Gasteiger charge is -2.27. The monoisotopic (exact) mass is 283 g/mol. The van der Waals surface area contributed by atoms with Crippen LogP contribution >= 0.6 is 11.6 Å². The minimum absolute atomic E-state index is 0.000275. The van der Waals surface area contributed by atoms with E-state index < -0.39 is 0 Å². The fourth-order valence-electron chi connectivity index (χ4n) is 1.93. The van der Waals surface area contributed by atoms with E-state index in [0.29, 0.717) is 5.56 Å². The summed E-state index contributed by atoms with van der Waals surface area (Å²) in [6.07, 6.45) is 3.25. The van der Waals surface area contributed by atoms with Crippen molar-refractivity contribution in [3.05, 3.63) is 28.8 Å². The summed E-state index contributed by atoms with van der Waals surface area (Å²) in [6, 6.07) is 4.74. The Bertz CT molecular complexity index is 432. The van der Waals surface area contributed by atoms with E-state index in [1.165, 1.54) is 12.1 Å². The molecule has 1 aromatic carbocycles. The first kappa shape index (κ1) is 15.8. The van der Waals surface area contributed by atoms with Crippen molar-refractivity contribution >= 4 is 17.5 Å². The van der Waals surface area contributed by atoms with Gasteiger partial charge in [-0.15, -0.1) is 0 Å². The molecule has 0 bridgehead atoms. The second-order valence-corrected chi connectivity index (χ2v) is 5.37. The normalized spacial score (nSPS) is 10.8. The van der Waals surface area contributed by atoms with E-state index >= 15 is 0 Å². The largest absolute Gasteiger partial charge is 0.506 e. The first-order valence-corrected chi connectivity index (χ1v) is 7.14. The number of aromatic hydroxyl groups is 1. The first-order chi connectivity index (χ1) is 8.97. The number of carbonyl (C=O) groups excluding carboxylic acids is 1. The van der Waals surface area contributed by atoms with Crippen LogP contribution in [0, 0.1) is 0 Å². The van der Waals surface area contributed by atoms with E-state index in [9.17, 15) is 9.90 Å². The van der Waals surface area contributed by atoms with Gasteiger partial charge in [0.05, 0.1) is 5.02 Å². The molecule has 4 heteroatoms. The molecule has 0 saturated carbocycles. The molecule has 0 aliphatic carbocycles. The Morgan fingerprint density at radius 3 is 2.58 bits per heavy atom. The highest BCUT2D eigenvalue weighted by Gasteiger charge is 2.19. The number of phenols is 1. The van der Waals surface area contributed by atoms with E-state index in [0.717, 1.165) is 25.8 Å². The van der Waals surface area contributed by atoms with Crippen molar-refractivity contribution < 1.29 is 9.90 Å². The average molecular weight is 284 g/mol. The minimum atomic E-state index is -0.0343. The van der Waals surface area contributed by atoms with Crippen molar-refractivity contribution in [1.82, 2.24) is 4.90 Å². The van der Waals surface area contributed by atoms with Gasteiger partial charge in [0.2, 0.25) is 0 Å². The van der Waals surface area contributed by atoms with Gasteiger partial charge in [0, 0.05) is 18.2 Å². The lowest BCUT2D eigenvalue weighted by molar-refractivity contribution is 0.0702. The molecule has 0 saturated heterocycles. The van der Waals surface area contributed by atoms with Gasteiger partial charge in [-0.05, 0) is 38.5 Å². The molecule has 0 fully saturated rings. The molecule has 0 aliphatic rings. The summed E-state index contributed by atoms with van der Waals surface area (Å²) in [4.78, 5) is 14.3. The van der Waals surface area contributed by atoms with Gasteiger partial charge >= 0.3 is 0 Å². The van der Waals surface area contributed by atoms with Gasteiger partial charge in [0.1, 0.15) is 5.75 Å². The zero-order chi connectivity index (χ0) is 14.4. The maximum Gasteiger partial charge on any atom is 0.254 e. The number of phenolic OH excluding ortho intramolecular Hbond substituents is 1. The van der Waals surface area contributed by atoms with Crippen LogP contribution in [0.4, 0.5) is 0 Å². The van der Waals surface area contributed by atoms with Crippen LogP contribution in [0.2, 0.25) is 5.02 Å². The number of halogens is 1. The van der Waals surface area contributed by atoms with Crippen molar-refractivity contribution in [1.29, 1.82) is 0 Å². The Balaban J connectivity index is 2.83. The number of unbranched alkanes of at least 4 members (excludes halogenated alkanes) is 2. The van der Waals surface area contributed by atoms with Gasteiger partial charge in [-0.2, -0.15) is 0 Å². The van der Waals surface area contributed by atoms with E-state index in [4.69, 9.17) is 11.6 Å². The van der Waals surface area contributed by atoms with Crippen LogP contribution in [0.15, 0.2) is 18.2 Å². The molecule has 1 rings (SSSR count). The van der Waals surface area contributed by atoms with E-state index in [2.05, 4.69) is 6.92 Å². The summed E-state index contributed by atoms with van der Waals surface area (Å²) in [5.74, 6) is -0.0340. The standard InChI is InChI=1S/C15H22ClNO2/c1-4-5-6-9-17(11(2)3)15(19)12-7-8-14(18)13(16)10-12/h7-8,10-11,18H,4-6,9H2,1-3H3. The molecule has 106 valence electrons. The zero-order valence-corrected chi connectivity index (χ0v) is 12.6. The molecule has 0 aliphatic heterocycles. The minimum Gasteiger partial charge on any atom is -0.506 e. The second-order valence-electron chi connectivity index (χ2n) is 4.97. The third-order valence-corrected chi connectivity index (χ3v) is 3.38. The zero-order valence-electron chi connectivity index (χ0n) is 11.8. The number of nitrogens with zero attached hydrogens (tertiary/aromatic N) is 1. The average Bonchev–Trinajstić information content (AvgIpc) is 2.37. The molecule has 19 heavy (non-hydrogen) atoms. The Labute approximate surface area is 120 Å². The maximum atomic E-state index is 12.4. The fraction of sp³-hybridized carbons (Fsp3) is 0.533. The molecule has 1 amide bonds. The molecule has 0 atom stereocenters. The first-order valence-electron chi connectivity index (χ1n) is 6.76. The molecule has 3 nitrogen and oxygen atoms in total. The molecular formula is C15H22ClNO2. The Hall–Kier alpha value is -1.22. The van der Waals surface area contributed by atoms with Gasteiger partial charge in [-0.25, -0.2) is 0 Å². The van der Waals surface area contributed by atoms with Crippen molar-refractivity contribution in [2.45, 2.75) is 46.1 Å². The van der Waals surface area contributed by atoms with Crippen LogP contribution in [0.25, 0.3) is 0 Å². The number of carbonyl (C=O) groups is 1. The highest BCUT2D eigenvalue weighted by Crippen LogP contribution is 2.24. The number of hydrogen-bond acceptors (Lipinski definition) is 2. The Kier molecular flexibility index (Phi) is 6.16. The lowest BCUT2D eigenvalue weighted by Crippen LogP contribution is -2.37.